The highest BCUT2D eigenvalue weighted by atomic mass is 19.2. The molecule has 2 rings (SSSR count). The van der Waals surface area contributed by atoms with Gasteiger partial charge >= 0.3 is 6.09 Å². The minimum Gasteiger partial charge on any atom is -0.444 e. The quantitative estimate of drug-likeness (QED) is 0.302. The van der Waals surface area contributed by atoms with Crippen molar-refractivity contribution in [2.24, 2.45) is 0 Å². The number of amides is 2. The number of benzene rings is 1. The van der Waals surface area contributed by atoms with E-state index in [0.717, 1.165) is 6.07 Å². The van der Waals surface area contributed by atoms with Gasteiger partial charge in [0.05, 0.1) is 26.4 Å². The number of nitrogens with one attached hydrogen (secondary N) is 1. The van der Waals surface area contributed by atoms with Crippen molar-refractivity contribution in [3.8, 4) is 12.3 Å². The maximum atomic E-state index is 14.7. The maximum absolute atomic E-state index is 14.7. The fraction of sp³-hybridized carbons (Fsp3) is 0.600. The van der Waals surface area contributed by atoms with Crippen LogP contribution in [0.15, 0.2) is 12.1 Å². The molecule has 7 nitrogen and oxygen atoms in total. The molecule has 0 spiro atoms. The number of hydrogen-bond acceptors (Lipinski definition) is 5. The Morgan fingerprint density at radius 1 is 1.14 bits per heavy atom. The SMILES string of the molecule is C#CCCOCCOCCN1C(=O)C(NC(=O)OC(C)(C)C)CC(c2c(F)ccc(F)c2F)C1C. The van der Waals surface area contributed by atoms with Crippen LogP contribution in [0.2, 0.25) is 0 Å². The number of terminal acetylenes is 1. The van der Waals surface area contributed by atoms with Crippen molar-refractivity contribution in [3.63, 3.8) is 0 Å². The summed E-state index contributed by atoms with van der Waals surface area (Å²) in [6, 6.07) is -0.262. The fourth-order valence-corrected chi connectivity index (χ4v) is 3.91. The Morgan fingerprint density at radius 2 is 1.77 bits per heavy atom. The van der Waals surface area contributed by atoms with Crippen LogP contribution in [0.5, 0.6) is 0 Å². The molecular formula is C25H33F3N2O5. The average molecular weight is 499 g/mol. The van der Waals surface area contributed by atoms with E-state index in [0.29, 0.717) is 25.7 Å². The lowest BCUT2D eigenvalue weighted by Crippen LogP contribution is -2.59. The Hall–Kier alpha value is -2.77. The Morgan fingerprint density at radius 3 is 2.40 bits per heavy atom. The van der Waals surface area contributed by atoms with Crippen LogP contribution in [-0.4, -0.2) is 67.6 Å². The van der Waals surface area contributed by atoms with Crippen molar-refractivity contribution in [1.82, 2.24) is 10.2 Å². The van der Waals surface area contributed by atoms with Crippen molar-refractivity contribution in [2.75, 3.05) is 33.0 Å². The van der Waals surface area contributed by atoms with E-state index in [1.807, 2.05) is 0 Å². The minimum atomic E-state index is -1.31. The molecule has 35 heavy (non-hydrogen) atoms. The molecule has 10 heteroatoms. The topological polar surface area (TPSA) is 77.1 Å². The molecule has 3 unspecified atom stereocenters. The number of ether oxygens (including phenoxy) is 3. The molecule has 0 aliphatic carbocycles. The van der Waals surface area contributed by atoms with Gasteiger partial charge in [0.2, 0.25) is 5.91 Å². The fourth-order valence-electron chi connectivity index (χ4n) is 3.91. The van der Waals surface area contributed by atoms with E-state index >= 15 is 0 Å². The monoisotopic (exact) mass is 498 g/mol. The second kappa shape index (κ2) is 12.8. The summed E-state index contributed by atoms with van der Waals surface area (Å²) in [4.78, 5) is 26.9. The normalized spacial score (nSPS) is 20.5. The van der Waals surface area contributed by atoms with Crippen LogP contribution in [0.4, 0.5) is 18.0 Å². The Kier molecular flexibility index (Phi) is 10.4. The Balaban J connectivity index is 2.18. The predicted molar refractivity (Wildman–Crippen MR) is 123 cm³/mol. The molecular weight excluding hydrogens is 465 g/mol. The van der Waals surface area contributed by atoms with Gasteiger partial charge in [-0.15, -0.1) is 12.3 Å². The number of halogens is 3. The summed E-state index contributed by atoms with van der Waals surface area (Å²) in [5.74, 6) is -2.35. The van der Waals surface area contributed by atoms with Gasteiger partial charge in [0.15, 0.2) is 11.6 Å². The van der Waals surface area contributed by atoms with E-state index in [2.05, 4.69) is 11.2 Å². The van der Waals surface area contributed by atoms with Gasteiger partial charge in [-0.1, -0.05) is 0 Å². The number of carbonyl (C=O) groups excluding carboxylic acids is 2. The lowest BCUT2D eigenvalue weighted by molar-refractivity contribution is -0.140. The van der Waals surface area contributed by atoms with Crippen LogP contribution in [0, 0.1) is 29.8 Å². The third-order valence-electron chi connectivity index (χ3n) is 5.53. The third-order valence-corrected chi connectivity index (χ3v) is 5.53. The molecule has 0 bridgehead atoms. The van der Waals surface area contributed by atoms with Crippen LogP contribution in [-0.2, 0) is 19.0 Å². The molecule has 0 radical (unpaired) electrons. The zero-order valence-electron chi connectivity index (χ0n) is 20.5. The van der Waals surface area contributed by atoms with E-state index in [-0.39, 0.29) is 26.2 Å². The minimum absolute atomic E-state index is 0.0892. The third kappa shape index (κ3) is 8.15. The summed E-state index contributed by atoms with van der Waals surface area (Å²) < 4.78 is 59.3. The number of nitrogens with zero attached hydrogens (tertiary/aromatic N) is 1. The zero-order chi connectivity index (χ0) is 26.2. The van der Waals surface area contributed by atoms with Gasteiger partial charge in [0.1, 0.15) is 17.5 Å². The number of likely N-dealkylation sites (tertiary alicyclic amines) is 1. The lowest BCUT2D eigenvalue weighted by Gasteiger charge is -2.43. The average Bonchev–Trinajstić information content (AvgIpc) is 2.76. The van der Waals surface area contributed by atoms with Crippen LogP contribution in [0.3, 0.4) is 0 Å². The number of alkyl carbamates (subject to hydrolysis) is 1. The van der Waals surface area contributed by atoms with Gasteiger partial charge in [-0.3, -0.25) is 4.79 Å². The van der Waals surface area contributed by atoms with Gasteiger partial charge in [-0.25, -0.2) is 18.0 Å². The first-order valence-corrected chi connectivity index (χ1v) is 11.5. The van der Waals surface area contributed by atoms with Crippen molar-refractivity contribution in [2.45, 2.75) is 64.1 Å². The van der Waals surface area contributed by atoms with Gasteiger partial charge in [0, 0.05) is 30.5 Å². The van der Waals surface area contributed by atoms with Gasteiger partial charge < -0.3 is 24.4 Å². The number of hydrogen-bond donors (Lipinski definition) is 1. The summed E-state index contributed by atoms with van der Waals surface area (Å²) in [5, 5.41) is 2.49. The first-order valence-electron chi connectivity index (χ1n) is 11.5. The molecule has 1 aromatic carbocycles. The van der Waals surface area contributed by atoms with E-state index in [9.17, 15) is 22.8 Å². The van der Waals surface area contributed by atoms with E-state index in [1.54, 1.807) is 27.7 Å². The molecule has 0 saturated carbocycles. The standard InChI is InChI=1S/C25H33F3N2O5/c1-6-7-11-33-13-14-34-12-10-30-16(2)17(21-18(26)8-9-19(27)22(21)28)15-20(23(30)31)29-24(32)35-25(3,4)5/h1,8-9,16-17,20H,7,10-15H2,2-5H3,(H,29,32). The maximum Gasteiger partial charge on any atom is 0.408 e. The van der Waals surface area contributed by atoms with E-state index in [4.69, 9.17) is 20.6 Å². The smallest absolute Gasteiger partial charge is 0.408 e. The second-order valence-corrected chi connectivity index (χ2v) is 9.25. The van der Waals surface area contributed by atoms with E-state index in [1.165, 1.54) is 4.90 Å². The van der Waals surface area contributed by atoms with Crippen molar-refractivity contribution in [1.29, 1.82) is 0 Å². The summed E-state index contributed by atoms with van der Waals surface area (Å²) in [7, 11) is 0. The van der Waals surface area contributed by atoms with Gasteiger partial charge in [-0.05, 0) is 46.2 Å². The van der Waals surface area contributed by atoms with Crippen LogP contribution < -0.4 is 5.32 Å². The van der Waals surface area contributed by atoms with Crippen molar-refractivity contribution >= 4 is 12.0 Å². The molecule has 1 N–H and O–H groups in total. The highest BCUT2D eigenvalue weighted by Crippen LogP contribution is 2.36. The summed E-state index contributed by atoms with van der Waals surface area (Å²) in [5.41, 5.74) is -1.28. The van der Waals surface area contributed by atoms with Gasteiger partial charge in [-0.2, -0.15) is 0 Å². The first kappa shape index (κ1) is 28.5. The molecule has 1 aliphatic heterocycles. The van der Waals surface area contributed by atoms with Crippen LogP contribution in [0.1, 0.15) is 52.0 Å². The molecule has 1 aromatic rings. The van der Waals surface area contributed by atoms with Crippen molar-refractivity contribution < 1.29 is 37.0 Å². The number of rotatable bonds is 10. The Bertz CT molecular complexity index is 929. The van der Waals surface area contributed by atoms with Gasteiger partial charge in [0.25, 0.3) is 0 Å². The summed E-state index contributed by atoms with van der Waals surface area (Å²) in [6.45, 7) is 7.81. The largest absolute Gasteiger partial charge is 0.444 e. The van der Waals surface area contributed by atoms with E-state index < -0.39 is 58.6 Å². The highest BCUT2D eigenvalue weighted by molar-refractivity contribution is 5.87. The lowest BCUT2D eigenvalue weighted by atomic mass is 9.81. The molecule has 1 heterocycles. The summed E-state index contributed by atoms with van der Waals surface area (Å²) >= 11 is 0. The Labute approximate surface area is 204 Å². The van der Waals surface area contributed by atoms with Crippen LogP contribution in [0.25, 0.3) is 0 Å². The van der Waals surface area contributed by atoms with Crippen LogP contribution >= 0.6 is 0 Å². The molecule has 1 fully saturated rings. The molecule has 0 aromatic heterocycles. The highest BCUT2D eigenvalue weighted by Gasteiger charge is 2.43. The van der Waals surface area contributed by atoms with Crippen molar-refractivity contribution in [3.05, 3.63) is 35.1 Å². The molecule has 2 amide bonds. The number of piperidine rings is 1. The molecule has 1 aliphatic rings. The molecule has 1 saturated heterocycles. The predicted octanol–water partition coefficient (Wildman–Crippen LogP) is 3.76. The first-order chi connectivity index (χ1) is 16.5. The zero-order valence-corrected chi connectivity index (χ0v) is 20.5. The number of carbonyl (C=O) groups is 2. The second-order valence-electron chi connectivity index (χ2n) is 9.25. The molecule has 3 atom stereocenters. The summed E-state index contributed by atoms with van der Waals surface area (Å²) in [6.07, 6.45) is 4.67. The molecule has 194 valence electrons.